The molecule has 0 saturated carbocycles. The summed E-state index contributed by atoms with van der Waals surface area (Å²) in [4.78, 5) is 34.6. The highest BCUT2D eigenvalue weighted by atomic mass is 32.1. The predicted octanol–water partition coefficient (Wildman–Crippen LogP) is 1.09. The lowest BCUT2D eigenvalue weighted by atomic mass is 10.1. The first-order valence-corrected chi connectivity index (χ1v) is 8.59. The van der Waals surface area contributed by atoms with Crippen molar-refractivity contribution in [3.8, 4) is 0 Å². The Hall–Kier alpha value is -2.19. The molecule has 0 spiro atoms. The van der Waals surface area contributed by atoms with Crippen LogP contribution in [0, 0.1) is 0 Å². The number of nitrogens with zero attached hydrogens (tertiary/aromatic N) is 2. The standard InChI is InChI=1S/C16H21N3O4S/c17-13(14(20)21)9-5-2-6-10-19-15(22)18(16(23)24-19)11-12-7-3-1-4-8-12/h1,3-4,7-8,13H,2,5-6,9-11,17H2,(H,20,21)/t13-/m0/s1. The summed E-state index contributed by atoms with van der Waals surface area (Å²) in [6, 6.07) is 8.53. The van der Waals surface area contributed by atoms with Gasteiger partial charge >= 0.3 is 16.5 Å². The van der Waals surface area contributed by atoms with Crippen molar-refractivity contribution in [3.63, 3.8) is 0 Å². The van der Waals surface area contributed by atoms with Crippen LogP contribution < -0.4 is 16.3 Å². The molecule has 0 aliphatic heterocycles. The van der Waals surface area contributed by atoms with Crippen LogP contribution in [0.1, 0.15) is 31.2 Å². The minimum Gasteiger partial charge on any atom is -0.480 e. The lowest BCUT2D eigenvalue weighted by Gasteiger charge is -2.05. The highest BCUT2D eigenvalue weighted by molar-refractivity contribution is 7.03. The maximum atomic E-state index is 12.3. The van der Waals surface area contributed by atoms with Gasteiger partial charge in [-0.2, -0.15) is 0 Å². The minimum absolute atomic E-state index is 0.267. The second kappa shape index (κ2) is 8.60. The fourth-order valence-electron chi connectivity index (χ4n) is 2.35. The van der Waals surface area contributed by atoms with Crippen molar-refractivity contribution in [2.45, 2.75) is 44.8 Å². The molecule has 0 amide bonds. The van der Waals surface area contributed by atoms with Gasteiger partial charge in [0, 0.05) is 18.1 Å². The monoisotopic (exact) mass is 351 g/mol. The molecule has 7 nitrogen and oxygen atoms in total. The minimum atomic E-state index is -0.998. The Morgan fingerprint density at radius 1 is 1.17 bits per heavy atom. The van der Waals surface area contributed by atoms with Gasteiger partial charge in [0.25, 0.3) is 0 Å². The Bertz CT molecular complexity index is 779. The SMILES string of the molecule is N[C@@H](CCCCCn1sc(=O)n(Cc2ccccc2)c1=O)C(=O)O. The molecular weight excluding hydrogens is 330 g/mol. The van der Waals surface area contributed by atoms with Crippen LogP contribution in [-0.4, -0.2) is 25.6 Å². The summed E-state index contributed by atoms with van der Waals surface area (Å²) in [6.45, 7) is 0.734. The number of carboxylic acids is 1. The lowest BCUT2D eigenvalue weighted by molar-refractivity contribution is -0.138. The van der Waals surface area contributed by atoms with Crippen molar-refractivity contribution in [1.29, 1.82) is 0 Å². The van der Waals surface area contributed by atoms with E-state index in [1.54, 1.807) is 0 Å². The van der Waals surface area contributed by atoms with Gasteiger partial charge in [-0.1, -0.05) is 43.2 Å². The molecule has 2 aromatic rings. The first-order chi connectivity index (χ1) is 11.5. The summed E-state index contributed by atoms with van der Waals surface area (Å²) in [7, 11) is 0. The Morgan fingerprint density at radius 2 is 1.88 bits per heavy atom. The van der Waals surface area contributed by atoms with Crippen LogP contribution in [0.3, 0.4) is 0 Å². The van der Waals surface area contributed by atoms with Gasteiger partial charge in [0.2, 0.25) is 0 Å². The summed E-state index contributed by atoms with van der Waals surface area (Å²) in [6.07, 6.45) is 2.56. The largest absolute Gasteiger partial charge is 0.480 e. The average molecular weight is 351 g/mol. The topological polar surface area (TPSA) is 107 Å². The van der Waals surface area contributed by atoms with Crippen LogP contribution in [0.5, 0.6) is 0 Å². The summed E-state index contributed by atoms with van der Waals surface area (Å²) in [5.41, 5.74) is 6.04. The van der Waals surface area contributed by atoms with E-state index in [0.717, 1.165) is 23.5 Å². The molecule has 1 aromatic heterocycles. The molecule has 1 heterocycles. The molecule has 0 bridgehead atoms. The van der Waals surface area contributed by atoms with Crippen molar-refractivity contribution >= 4 is 17.5 Å². The van der Waals surface area contributed by atoms with E-state index in [0.29, 0.717) is 25.8 Å². The van der Waals surface area contributed by atoms with Gasteiger partial charge in [0.05, 0.1) is 6.54 Å². The molecule has 2 rings (SSSR count). The van der Waals surface area contributed by atoms with E-state index in [1.165, 1.54) is 8.52 Å². The third-order valence-corrected chi connectivity index (χ3v) is 4.67. The zero-order valence-corrected chi connectivity index (χ0v) is 14.1. The van der Waals surface area contributed by atoms with Gasteiger partial charge in [0.15, 0.2) is 0 Å². The van der Waals surface area contributed by atoms with E-state index in [4.69, 9.17) is 10.8 Å². The summed E-state index contributed by atoms with van der Waals surface area (Å²) in [5, 5.41) is 8.70. The van der Waals surface area contributed by atoms with Crippen molar-refractivity contribution in [3.05, 3.63) is 56.0 Å². The summed E-state index contributed by atoms with van der Waals surface area (Å²) < 4.78 is 2.70. The number of carboxylic acid groups (broad SMARTS) is 1. The fraction of sp³-hybridized carbons (Fsp3) is 0.438. The number of nitrogens with two attached hydrogens (primary N) is 1. The molecule has 0 radical (unpaired) electrons. The highest BCUT2D eigenvalue weighted by Gasteiger charge is 2.12. The van der Waals surface area contributed by atoms with Gasteiger partial charge in [-0.05, 0) is 18.4 Å². The highest BCUT2D eigenvalue weighted by Crippen LogP contribution is 2.05. The van der Waals surface area contributed by atoms with Crippen molar-refractivity contribution in [1.82, 2.24) is 8.52 Å². The number of aromatic nitrogens is 2. The number of aryl methyl sites for hydroxylation is 1. The molecule has 24 heavy (non-hydrogen) atoms. The van der Waals surface area contributed by atoms with Gasteiger partial charge < -0.3 is 10.8 Å². The molecule has 0 aliphatic carbocycles. The Kier molecular flexibility index (Phi) is 6.51. The molecule has 1 atom stereocenters. The third kappa shape index (κ3) is 4.90. The molecule has 1 aromatic carbocycles. The quantitative estimate of drug-likeness (QED) is 0.658. The molecule has 0 unspecified atom stereocenters. The maximum absolute atomic E-state index is 12.3. The first-order valence-electron chi connectivity index (χ1n) is 7.82. The van der Waals surface area contributed by atoms with E-state index in [-0.39, 0.29) is 17.1 Å². The third-order valence-electron chi connectivity index (χ3n) is 3.73. The van der Waals surface area contributed by atoms with E-state index in [9.17, 15) is 14.4 Å². The second-order valence-corrected chi connectivity index (χ2v) is 6.58. The Morgan fingerprint density at radius 3 is 2.54 bits per heavy atom. The zero-order valence-electron chi connectivity index (χ0n) is 13.3. The Labute approximate surface area is 143 Å². The van der Waals surface area contributed by atoms with Gasteiger partial charge in [0.1, 0.15) is 6.04 Å². The van der Waals surface area contributed by atoms with Crippen LogP contribution >= 0.6 is 11.5 Å². The number of hydrogen-bond acceptors (Lipinski definition) is 5. The maximum Gasteiger partial charge on any atom is 0.341 e. The fourth-order valence-corrected chi connectivity index (χ4v) is 3.18. The zero-order chi connectivity index (χ0) is 17.5. The van der Waals surface area contributed by atoms with E-state index < -0.39 is 12.0 Å². The molecule has 0 aliphatic rings. The Balaban J connectivity index is 1.89. The van der Waals surface area contributed by atoms with Gasteiger partial charge in [-0.3, -0.25) is 9.59 Å². The van der Waals surface area contributed by atoms with Gasteiger partial charge in [-0.25, -0.2) is 13.3 Å². The number of carbonyl (C=O) groups is 1. The van der Waals surface area contributed by atoms with Gasteiger partial charge in [-0.15, -0.1) is 0 Å². The molecule has 0 fully saturated rings. The van der Waals surface area contributed by atoms with E-state index >= 15 is 0 Å². The van der Waals surface area contributed by atoms with Crippen molar-refractivity contribution in [2.24, 2.45) is 5.73 Å². The van der Waals surface area contributed by atoms with Crippen LogP contribution in [0.15, 0.2) is 39.9 Å². The molecule has 0 saturated heterocycles. The summed E-state index contributed by atoms with van der Waals surface area (Å²) >= 11 is 0.922. The number of benzene rings is 1. The van der Waals surface area contributed by atoms with Crippen LogP contribution in [0.4, 0.5) is 0 Å². The molecule has 8 heteroatoms. The van der Waals surface area contributed by atoms with Crippen LogP contribution in [-0.2, 0) is 17.9 Å². The number of rotatable bonds is 9. The second-order valence-electron chi connectivity index (χ2n) is 5.61. The first kappa shape index (κ1) is 18.2. The average Bonchev–Trinajstić information content (AvgIpc) is 2.83. The van der Waals surface area contributed by atoms with Crippen LogP contribution in [0.25, 0.3) is 0 Å². The lowest BCUT2D eigenvalue weighted by Crippen LogP contribution is -2.30. The normalized spacial score (nSPS) is 12.2. The predicted molar refractivity (Wildman–Crippen MR) is 92.5 cm³/mol. The van der Waals surface area contributed by atoms with E-state index in [2.05, 4.69) is 0 Å². The van der Waals surface area contributed by atoms with Crippen molar-refractivity contribution in [2.75, 3.05) is 0 Å². The number of aliphatic carboxylic acids is 1. The number of hydrogen-bond donors (Lipinski definition) is 2. The molecule has 3 N–H and O–H groups in total. The van der Waals surface area contributed by atoms with Crippen molar-refractivity contribution < 1.29 is 9.90 Å². The van der Waals surface area contributed by atoms with Crippen LogP contribution in [0.2, 0.25) is 0 Å². The smallest absolute Gasteiger partial charge is 0.341 e. The molecule has 130 valence electrons. The summed E-state index contributed by atoms with van der Waals surface area (Å²) in [5.74, 6) is -0.998. The number of unbranched alkanes of at least 4 members (excludes halogenated alkanes) is 2. The van der Waals surface area contributed by atoms with E-state index in [1.807, 2.05) is 30.3 Å². The molecular formula is C16H21N3O4S.